The summed E-state index contributed by atoms with van der Waals surface area (Å²) >= 11 is 0. The summed E-state index contributed by atoms with van der Waals surface area (Å²) in [4.78, 5) is 23.3. The molecule has 4 fully saturated rings. The molecule has 0 saturated heterocycles. The van der Waals surface area contributed by atoms with Crippen LogP contribution in [0.15, 0.2) is 0 Å². The summed E-state index contributed by atoms with van der Waals surface area (Å²) in [7, 11) is 0. The molecule has 0 aromatic rings. The first-order chi connectivity index (χ1) is 11.2. The molecule has 0 bridgehead atoms. The second-order valence-electron chi connectivity index (χ2n) is 8.88. The molecule has 124 valence electrons. The van der Waals surface area contributed by atoms with E-state index in [1.165, 1.54) is 38.4 Å². The summed E-state index contributed by atoms with van der Waals surface area (Å²) in [6, 6.07) is 0. The van der Waals surface area contributed by atoms with Crippen LogP contribution in [0.3, 0.4) is 0 Å². The molecule has 7 atom stereocenters. The Kier molecular flexibility index (Phi) is 3.67. The zero-order valence-corrected chi connectivity index (χ0v) is 14.0. The summed E-state index contributed by atoms with van der Waals surface area (Å²) in [5.41, 5.74) is -0.462. The van der Waals surface area contributed by atoms with Crippen LogP contribution in [-0.4, -0.2) is 12.6 Å². The van der Waals surface area contributed by atoms with Crippen LogP contribution in [0.2, 0.25) is 0 Å². The van der Waals surface area contributed by atoms with Crippen LogP contribution >= 0.6 is 0 Å². The van der Waals surface area contributed by atoms with Crippen molar-refractivity contribution in [2.75, 3.05) is 0 Å². The monoisotopic (exact) mass is 312 g/mol. The van der Waals surface area contributed by atoms with Gasteiger partial charge in [-0.25, -0.2) is 0 Å². The zero-order valence-electron chi connectivity index (χ0n) is 14.0. The third-order valence-electron chi connectivity index (χ3n) is 8.23. The minimum atomic E-state index is -0.484. The Labute approximate surface area is 139 Å². The molecule has 4 aliphatic rings. The number of fused-ring (bicyclic) bond motifs is 5. The lowest BCUT2D eigenvalue weighted by Crippen LogP contribution is -2.49. The van der Waals surface area contributed by atoms with Crippen molar-refractivity contribution in [2.24, 2.45) is 40.4 Å². The Balaban J connectivity index is 1.56. The van der Waals surface area contributed by atoms with Crippen LogP contribution in [0.1, 0.15) is 64.2 Å². The van der Waals surface area contributed by atoms with Gasteiger partial charge in [-0.1, -0.05) is 12.3 Å². The lowest BCUT2D eigenvalue weighted by atomic mass is 9.49. The maximum Gasteiger partial charge on any atom is 0.138 e. The van der Waals surface area contributed by atoms with Crippen LogP contribution < -0.4 is 0 Å². The van der Waals surface area contributed by atoms with E-state index in [1.54, 1.807) is 0 Å². The van der Waals surface area contributed by atoms with E-state index in [-0.39, 0.29) is 5.41 Å². The normalized spacial score (nSPS) is 51.7. The van der Waals surface area contributed by atoms with Crippen LogP contribution in [0, 0.1) is 52.8 Å². The Morgan fingerprint density at radius 3 is 2.43 bits per heavy atom. The summed E-state index contributed by atoms with van der Waals surface area (Å²) in [6.45, 7) is 0. The Bertz CT molecular complexity index is 547. The van der Waals surface area contributed by atoms with Gasteiger partial charge in [0.15, 0.2) is 0 Å². The molecule has 0 aromatic heterocycles. The molecule has 2 heteroatoms. The van der Waals surface area contributed by atoms with E-state index in [1.807, 2.05) is 0 Å². The van der Waals surface area contributed by atoms with Crippen molar-refractivity contribution in [3.8, 4) is 12.3 Å². The van der Waals surface area contributed by atoms with Gasteiger partial charge in [0.25, 0.3) is 0 Å². The van der Waals surface area contributed by atoms with E-state index in [0.717, 1.165) is 56.1 Å². The number of carbonyl (C=O) groups is 2. The minimum absolute atomic E-state index is 0.0219. The molecule has 0 amide bonds. The molecule has 0 aromatic carbocycles. The lowest BCUT2D eigenvalue weighted by molar-refractivity contribution is -0.130. The first-order valence-electron chi connectivity index (χ1n) is 9.57. The van der Waals surface area contributed by atoms with Gasteiger partial charge >= 0.3 is 0 Å². The van der Waals surface area contributed by atoms with Crippen LogP contribution in [0.5, 0.6) is 0 Å². The highest BCUT2D eigenvalue weighted by Crippen LogP contribution is 2.62. The van der Waals surface area contributed by atoms with Crippen molar-refractivity contribution in [1.29, 1.82) is 0 Å². The maximum atomic E-state index is 11.8. The molecule has 0 radical (unpaired) electrons. The van der Waals surface area contributed by atoms with Crippen molar-refractivity contribution < 1.29 is 9.59 Å². The fourth-order valence-corrected chi connectivity index (χ4v) is 7.11. The second kappa shape index (κ2) is 5.47. The Morgan fingerprint density at radius 2 is 1.70 bits per heavy atom. The number of carbonyl (C=O) groups excluding carboxylic acids is 2. The van der Waals surface area contributed by atoms with Crippen LogP contribution in [0.4, 0.5) is 0 Å². The molecule has 0 spiro atoms. The van der Waals surface area contributed by atoms with Crippen molar-refractivity contribution >= 4 is 12.6 Å². The molecular formula is C21H28O2. The first-order valence-corrected chi connectivity index (χ1v) is 9.57. The van der Waals surface area contributed by atoms with Crippen LogP contribution in [0.25, 0.3) is 0 Å². The zero-order chi connectivity index (χ0) is 16.1. The standard InChI is InChI=1S/C21H28O2/c1-2-20(13-22)10-7-16-15(12-20)5-6-18-17(16)8-11-21(14-23)9-3-4-19(18)21/h1,13-19H,3-12H2/t15?,16-,17+,18+,19-,20?,21-/m0/s1. The van der Waals surface area contributed by atoms with Gasteiger partial charge in [0.05, 0.1) is 5.41 Å². The quantitative estimate of drug-likeness (QED) is 0.570. The van der Waals surface area contributed by atoms with Crippen molar-refractivity contribution in [1.82, 2.24) is 0 Å². The number of hydrogen-bond acceptors (Lipinski definition) is 2. The SMILES string of the molecule is C#CC1(C=O)CC[C@H]2C(CC[C@@H]3[C@@H]2CC[C@]2(C=O)CCC[C@@H]32)C1. The largest absolute Gasteiger partial charge is 0.303 e. The van der Waals surface area contributed by atoms with Gasteiger partial charge < -0.3 is 9.59 Å². The van der Waals surface area contributed by atoms with Gasteiger partial charge in [0, 0.05) is 5.41 Å². The predicted molar refractivity (Wildman–Crippen MR) is 89.4 cm³/mol. The van der Waals surface area contributed by atoms with E-state index in [0.29, 0.717) is 11.8 Å². The van der Waals surface area contributed by atoms with Gasteiger partial charge in [-0.2, -0.15) is 0 Å². The smallest absolute Gasteiger partial charge is 0.138 e. The molecule has 2 unspecified atom stereocenters. The molecule has 4 rings (SSSR count). The molecular weight excluding hydrogens is 284 g/mol. The molecule has 0 aliphatic heterocycles. The fourth-order valence-electron chi connectivity index (χ4n) is 7.11. The van der Waals surface area contributed by atoms with Crippen molar-refractivity contribution in [3.63, 3.8) is 0 Å². The summed E-state index contributed by atoms with van der Waals surface area (Å²) in [5, 5.41) is 0. The van der Waals surface area contributed by atoms with E-state index in [4.69, 9.17) is 6.42 Å². The third kappa shape index (κ3) is 2.15. The molecule has 0 heterocycles. The van der Waals surface area contributed by atoms with Crippen LogP contribution in [-0.2, 0) is 9.59 Å². The maximum absolute atomic E-state index is 11.8. The van der Waals surface area contributed by atoms with Gasteiger partial charge in [-0.15, -0.1) is 6.42 Å². The van der Waals surface area contributed by atoms with Gasteiger partial charge in [-0.05, 0) is 87.4 Å². The first kappa shape index (κ1) is 15.4. The highest BCUT2D eigenvalue weighted by atomic mass is 16.1. The second-order valence-corrected chi connectivity index (χ2v) is 8.88. The van der Waals surface area contributed by atoms with Crippen molar-refractivity contribution in [3.05, 3.63) is 0 Å². The number of aldehydes is 2. The number of hydrogen-bond donors (Lipinski definition) is 0. The van der Waals surface area contributed by atoms with Gasteiger partial charge in [0.2, 0.25) is 0 Å². The summed E-state index contributed by atoms with van der Waals surface area (Å²) < 4.78 is 0. The average molecular weight is 312 g/mol. The Hall–Kier alpha value is -1.10. The van der Waals surface area contributed by atoms with E-state index >= 15 is 0 Å². The molecule has 4 saturated carbocycles. The molecule has 23 heavy (non-hydrogen) atoms. The Morgan fingerprint density at radius 1 is 0.870 bits per heavy atom. The average Bonchev–Trinajstić information content (AvgIpc) is 3.05. The van der Waals surface area contributed by atoms with E-state index in [9.17, 15) is 9.59 Å². The van der Waals surface area contributed by atoms with Gasteiger partial charge in [0.1, 0.15) is 12.6 Å². The topological polar surface area (TPSA) is 34.1 Å². The number of terminal acetylenes is 1. The molecule has 2 nitrogen and oxygen atoms in total. The third-order valence-corrected chi connectivity index (χ3v) is 8.23. The lowest BCUT2D eigenvalue weighted by Gasteiger charge is -2.55. The minimum Gasteiger partial charge on any atom is -0.303 e. The highest BCUT2D eigenvalue weighted by molar-refractivity contribution is 5.65. The predicted octanol–water partition coefficient (Wildman–Crippen LogP) is 4.03. The van der Waals surface area contributed by atoms with Gasteiger partial charge in [-0.3, -0.25) is 0 Å². The molecule has 0 N–H and O–H groups in total. The fraction of sp³-hybridized carbons (Fsp3) is 0.810. The summed E-state index contributed by atoms with van der Waals surface area (Å²) in [5.74, 6) is 6.38. The summed E-state index contributed by atoms with van der Waals surface area (Å²) in [6.07, 6.45) is 19.4. The number of rotatable bonds is 2. The molecule has 4 aliphatic carbocycles. The van der Waals surface area contributed by atoms with E-state index in [2.05, 4.69) is 5.92 Å². The van der Waals surface area contributed by atoms with Crippen molar-refractivity contribution in [2.45, 2.75) is 64.2 Å². The highest BCUT2D eigenvalue weighted by Gasteiger charge is 2.56. The van der Waals surface area contributed by atoms with E-state index < -0.39 is 5.41 Å².